The summed E-state index contributed by atoms with van der Waals surface area (Å²) in [5.74, 6) is 0.0798. The molecule has 1 atom stereocenters. The molecule has 4 rings (SSSR count). The van der Waals surface area contributed by atoms with Gasteiger partial charge in [-0.2, -0.15) is 0 Å². The summed E-state index contributed by atoms with van der Waals surface area (Å²) >= 11 is 0. The Morgan fingerprint density at radius 3 is 2.05 bits per heavy atom. The molecule has 2 amide bonds. The Hall–Kier alpha value is -4.33. The Morgan fingerprint density at radius 1 is 0.865 bits per heavy atom. The Morgan fingerprint density at radius 2 is 1.49 bits per heavy atom. The number of ether oxygens (including phenoxy) is 3. The summed E-state index contributed by atoms with van der Waals surface area (Å²) in [6.07, 6.45) is 0. The lowest BCUT2D eigenvalue weighted by atomic mass is 10.00. The molecule has 1 aliphatic rings. The van der Waals surface area contributed by atoms with Crippen molar-refractivity contribution >= 4 is 23.5 Å². The number of fused-ring (bicyclic) bond motifs is 1. The molecule has 0 aliphatic carbocycles. The summed E-state index contributed by atoms with van der Waals surface area (Å²) in [5.41, 5.74) is 4.25. The van der Waals surface area contributed by atoms with Crippen LogP contribution in [0.2, 0.25) is 0 Å². The van der Waals surface area contributed by atoms with Gasteiger partial charge in [-0.3, -0.25) is 9.59 Å². The topological polar surface area (TPSA) is 94.2 Å². The quantitative estimate of drug-likeness (QED) is 0.446. The molecule has 0 bridgehead atoms. The van der Waals surface area contributed by atoms with Crippen molar-refractivity contribution in [3.63, 3.8) is 0 Å². The first-order chi connectivity index (χ1) is 17.7. The fourth-order valence-electron chi connectivity index (χ4n) is 4.50. The van der Waals surface area contributed by atoms with Crippen molar-refractivity contribution in [1.82, 2.24) is 4.90 Å². The van der Waals surface area contributed by atoms with Gasteiger partial charge in [-0.25, -0.2) is 4.79 Å². The number of hydrogen-bond acceptors (Lipinski definition) is 6. The molecule has 0 fully saturated rings. The number of hydrogen-bond donors (Lipinski definition) is 1. The predicted molar refractivity (Wildman–Crippen MR) is 140 cm³/mol. The lowest BCUT2D eigenvalue weighted by Gasteiger charge is -2.28. The highest BCUT2D eigenvalue weighted by molar-refractivity contribution is 6.05. The van der Waals surface area contributed by atoms with Crippen LogP contribution >= 0.6 is 0 Å². The van der Waals surface area contributed by atoms with E-state index in [9.17, 15) is 14.4 Å². The minimum Gasteiger partial charge on any atom is -0.497 e. The Kier molecular flexibility index (Phi) is 7.47. The van der Waals surface area contributed by atoms with E-state index in [-0.39, 0.29) is 17.7 Å². The highest BCUT2D eigenvalue weighted by Gasteiger charge is 2.38. The molecule has 3 aromatic rings. The van der Waals surface area contributed by atoms with E-state index in [1.165, 1.54) is 21.3 Å². The van der Waals surface area contributed by atoms with E-state index in [0.717, 1.165) is 16.7 Å². The number of nitrogens with one attached hydrogen (secondary N) is 1. The number of amides is 2. The number of benzene rings is 3. The van der Waals surface area contributed by atoms with Gasteiger partial charge < -0.3 is 24.4 Å². The number of methoxy groups -OCH3 is 3. The summed E-state index contributed by atoms with van der Waals surface area (Å²) in [7, 11) is 4.39. The van der Waals surface area contributed by atoms with Crippen molar-refractivity contribution in [3.8, 4) is 22.6 Å². The Labute approximate surface area is 216 Å². The van der Waals surface area contributed by atoms with Crippen LogP contribution in [0.25, 0.3) is 11.1 Å². The van der Waals surface area contributed by atoms with E-state index in [1.54, 1.807) is 35.2 Å². The summed E-state index contributed by atoms with van der Waals surface area (Å²) in [6, 6.07) is 17.4. The van der Waals surface area contributed by atoms with Gasteiger partial charge in [-0.05, 0) is 52.9 Å². The lowest BCUT2D eigenvalue weighted by Crippen LogP contribution is -2.45. The molecule has 0 aromatic heterocycles. The third kappa shape index (κ3) is 5.28. The summed E-state index contributed by atoms with van der Waals surface area (Å²) in [4.78, 5) is 39.9. The van der Waals surface area contributed by atoms with E-state index in [1.807, 2.05) is 44.2 Å². The van der Waals surface area contributed by atoms with Crippen molar-refractivity contribution in [2.24, 2.45) is 5.92 Å². The van der Waals surface area contributed by atoms with Gasteiger partial charge >= 0.3 is 5.97 Å². The van der Waals surface area contributed by atoms with Crippen molar-refractivity contribution in [2.75, 3.05) is 26.6 Å². The van der Waals surface area contributed by atoms with Crippen LogP contribution in [0.4, 0.5) is 5.69 Å². The van der Waals surface area contributed by atoms with Crippen molar-refractivity contribution in [2.45, 2.75) is 26.4 Å². The van der Waals surface area contributed by atoms with Crippen molar-refractivity contribution in [3.05, 3.63) is 77.4 Å². The third-order valence-electron chi connectivity index (χ3n) is 6.44. The molecule has 192 valence electrons. The van der Waals surface area contributed by atoms with Crippen LogP contribution in [0.3, 0.4) is 0 Å². The van der Waals surface area contributed by atoms with Crippen molar-refractivity contribution in [1.29, 1.82) is 0 Å². The predicted octanol–water partition coefficient (Wildman–Crippen LogP) is 4.78. The van der Waals surface area contributed by atoms with Gasteiger partial charge in [-0.1, -0.05) is 38.1 Å². The van der Waals surface area contributed by atoms with E-state index in [2.05, 4.69) is 5.32 Å². The molecule has 0 spiro atoms. The van der Waals surface area contributed by atoms with Crippen LogP contribution in [0.15, 0.2) is 60.7 Å². The second-order valence-corrected chi connectivity index (χ2v) is 9.15. The summed E-state index contributed by atoms with van der Waals surface area (Å²) in [6.45, 7) is 4.16. The van der Waals surface area contributed by atoms with Crippen molar-refractivity contribution < 1.29 is 28.6 Å². The number of carbonyl (C=O) groups excluding carboxylic acids is 3. The first-order valence-corrected chi connectivity index (χ1v) is 11.9. The standard InChI is InChI=1S/C29H30N2O6/c1-17(2)26(29(34)37-5)31-16-20-7-6-19(14-25(20)28(31)33)18-8-10-22(11-9-18)30-27(32)21-12-23(35-3)15-24(13-21)36-4/h6-15,17,26H,16H2,1-5H3,(H,30,32)/t26-/m0/s1. The zero-order valence-electron chi connectivity index (χ0n) is 21.5. The molecule has 0 radical (unpaired) electrons. The number of rotatable bonds is 8. The second kappa shape index (κ2) is 10.7. The average molecular weight is 503 g/mol. The monoisotopic (exact) mass is 502 g/mol. The molecule has 1 heterocycles. The maximum absolute atomic E-state index is 13.2. The summed E-state index contributed by atoms with van der Waals surface area (Å²) in [5, 5.41) is 2.88. The molecule has 0 saturated carbocycles. The number of nitrogens with zero attached hydrogens (tertiary/aromatic N) is 1. The maximum Gasteiger partial charge on any atom is 0.328 e. The van der Waals surface area contributed by atoms with Crippen LogP contribution < -0.4 is 14.8 Å². The minimum atomic E-state index is -0.638. The SMILES string of the molecule is COC(=O)[C@H](C(C)C)N1Cc2ccc(-c3ccc(NC(=O)c4cc(OC)cc(OC)c4)cc3)cc2C1=O. The van der Waals surface area contributed by atoms with Crippen LogP contribution in [0, 0.1) is 5.92 Å². The molecule has 1 N–H and O–H groups in total. The van der Waals surface area contributed by atoms with Crippen LogP contribution in [0.5, 0.6) is 11.5 Å². The number of anilines is 1. The maximum atomic E-state index is 13.2. The highest BCUT2D eigenvalue weighted by Crippen LogP contribution is 2.32. The number of carbonyl (C=O) groups is 3. The molecule has 0 unspecified atom stereocenters. The average Bonchev–Trinajstić information content (AvgIpc) is 3.23. The van der Waals surface area contributed by atoms with Gasteiger partial charge in [0.15, 0.2) is 0 Å². The van der Waals surface area contributed by atoms with E-state index >= 15 is 0 Å². The molecule has 1 aliphatic heterocycles. The zero-order chi connectivity index (χ0) is 26.7. The summed E-state index contributed by atoms with van der Waals surface area (Å²) < 4.78 is 15.4. The third-order valence-corrected chi connectivity index (χ3v) is 6.44. The van der Waals surface area contributed by atoms with E-state index in [4.69, 9.17) is 14.2 Å². The molecule has 8 heteroatoms. The van der Waals surface area contributed by atoms with Crippen LogP contribution in [0.1, 0.15) is 40.1 Å². The van der Waals surface area contributed by atoms with Gasteiger partial charge in [0.1, 0.15) is 17.5 Å². The highest BCUT2D eigenvalue weighted by atomic mass is 16.5. The van der Waals surface area contributed by atoms with Gasteiger partial charge in [-0.15, -0.1) is 0 Å². The minimum absolute atomic E-state index is 0.0778. The second-order valence-electron chi connectivity index (χ2n) is 9.15. The van der Waals surface area contributed by atoms with Gasteiger partial charge in [0.25, 0.3) is 11.8 Å². The Bertz CT molecular complexity index is 1310. The molecule has 8 nitrogen and oxygen atoms in total. The Balaban J connectivity index is 1.51. The molecule has 3 aromatic carbocycles. The molecule has 0 saturated heterocycles. The lowest BCUT2D eigenvalue weighted by molar-refractivity contribution is -0.147. The van der Waals surface area contributed by atoms with Crippen LogP contribution in [-0.4, -0.2) is 50.1 Å². The normalized spacial score (nSPS) is 13.2. The number of esters is 1. The zero-order valence-corrected chi connectivity index (χ0v) is 21.5. The van der Waals surface area contributed by atoms with Gasteiger partial charge in [0, 0.05) is 29.4 Å². The van der Waals surface area contributed by atoms with Crippen LogP contribution in [-0.2, 0) is 16.1 Å². The van der Waals surface area contributed by atoms with Gasteiger partial charge in [0.05, 0.1) is 21.3 Å². The largest absolute Gasteiger partial charge is 0.497 e. The van der Waals surface area contributed by atoms with E-state index in [0.29, 0.717) is 34.9 Å². The fraction of sp³-hybridized carbons (Fsp3) is 0.276. The first-order valence-electron chi connectivity index (χ1n) is 11.9. The fourth-order valence-corrected chi connectivity index (χ4v) is 4.50. The molecule has 37 heavy (non-hydrogen) atoms. The van der Waals surface area contributed by atoms with E-state index < -0.39 is 12.0 Å². The smallest absolute Gasteiger partial charge is 0.328 e. The van der Waals surface area contributed by atoms with Gasteiger partial charge in [0.2, 0.25) is 0 Å². The first kappa shape index (κ1) is 25.8. The molecular weight excluding hydrogens is 472 g/mol. The molecular formula is C29H30N2O6.